The van der Waals surface area contributed by atoms with Crippen molar-refractivity contribution < 1.29 is 9.53 Å². The Morgan fingerprint density at radius 3 is 2.86 bits per heavy atom. The molecule has 1 fully saturated rings. The second-order valence-electron chi connectivity index (χ2n) is 5.64. The van der Waals surface area contributed by atoms with E-state index in [-0.39, 0.29) is 5.91 Å². The summed E-state index contributed by atoms with van der Waals surface area (Å²) in [5, 5.41) is 2.97. The van der Waals surface area contributed by atoms with Gasteiger partial charge >= 0.3 is 0 Å². The Bertz CT molecular complexity index is 459. The molecule has 1 saturated heterocycles. The average Bonchev–Trinajstić information content (AvgIpc) is 3.08. The highest BCUT2D eigenvalue weighted by Crippen LogP contribution is 2.21. The summed E-state index contributed by atoms with van der Waals surface area (Å²) in [6.07, 6.45) is 7.19. The summed E-state index contributed by atoms with van der Waals surface area (Å²) in [7, 11) is 0. The highest BCUT2D eigenvalue weighted by Gasteiger charge is 2.20. The van der Waals surface area contributed by atoms with E-state index in [2.05, 4.69) is 22.1 Å². The quantitative estimate of drug-likeness (QED) is 0.713. The van der Waals surface area contributed by atoms with Gasteiger partial charge in [0.1, 0.15) is 5.82 Å². The van der Waals surface area contributed by atoms with Gasteiger partial charge in [-0.3, -0.25) is 4.79 Å². The van der Waals surface area contributed by atoms with E-state index in [1.807, 2.05) is 12.1 Å². The van der Waals surface area contributed by atoms with Crippen LogP contribution in [0.1, 0.15) is 49.4 Å². The standard InChI is InChI=1S/C17H27N3O2/c1-2-3-13-22-14-7-10-19-17(21)15-8-6-9-18-16(15)20-11-4-5-12-20/h6,8-9H,2-5,7,10-14H2,1H3,(H,19,21). The number of amides is 1. The molecule has 5 nitrogen and oxygen atoms in total. The van der Waals surface area contributed by atoms with Crippen molar-refractivity contribution in [2.45, 2.75) is 39.0 Å². The number of ether oxygens (including phenoxy) is 1. The molecular formula is C17H27N3O2. The Balaban J connectivity index is 1.77. The number of hydrogen-bond acceptors (Lipinski definition) is 4. The van der Waals surface area contributed by atoms with E-state index in [0.29, 0.717) is 18.7 Å². The number of rotatable bonds is 9. The van der Waals surface area contributed by atoms with E-state index in [9.17, 15) is 4.79 Å². The molecule has 0 spiro atoms. The number of carbonyl (C=O) groups is 1. The average molecular weight is 305 g/mol. The minimum Gasteiger partial charge on any atom is -0.381 e. The first kappa shape index (κ1) is 16.7. The Morgan fingerprint density at radius 1 is 1.32 bits per heavy atom. The van der Waals surface area contributed by atoms with Gasteiger partial charge in [-0.15, -0.1) is 0 Å². The fraction of sp³-hybridized carbons (Fsp3) is 0.647. The summed E-state index contributed by atoms with van der Waals surface area (Å²) in [5.41, 5.74) is 0.677. The maximum atomic E-state index is 12.3. The lowest BCUT2D eigenvalue weighted by Crippen LogP contribution is -2.29. The van der Waals surface area contributed by atoms with E-state index < -0.39 is 0 Å². The molecule has 1 aromatic rings. The minimum absolute atomic E-state index is 0.0384. The molecule has 0 unspecified atom stereocenters. The van der Waals surface area contributed by atoms with Gasteiger partial charge in [0.15, 0.2) is 0 Å². The summed E-state index contributed by atoms with van der Waals surface area (Å²) < 4.78 is 5.49. The van der Waals surface area contributed by atoms with Crippen molar-refractivity contribution in [3.63, 3.8) is 0 Å². The number of nitrogens with zero attached hydrogens (tertiary/aromatic N) is 2. The van der Waals surface area contributed by atoms with E-state index in [1.54, 1.807) is 6.20 Å². The fourth-order valence-electron chi connectivity index (χ4n) is 2.57. The van der Waals surface area contributed by atoms with Crippen LogP contribution >= 0.6 is 0 Å². The van der Waals surface area contributed by atoms with Gasteiger partial charge in [-0.25, -0.2) is 4.98 Å². The number of aromatic nitrogens is 1. The number of nitrogens with one attached hydrogen (secondary N) is 1. The van der Waals surface area contributed by atoms with Crippen molar-refractivity contribution in [1.82, 2.24) is 10.3 Å². The molecule has 122 valence electrons. The molecule has 2 rings (SSSR count). The predicted molar refractivity (Wildman–Crippen MR) is 88.4 cm³/mol. The molecule has 2 heterocycles. The number of hydrogen-bond donors (Lipinski definition) is 1. The minimum atomic E-state index is -0.0384. The van der Waals surface area contributed by atoms with Crippen molar-refractivity contribution in [3.05, 3.63) is 23.9 Å². The first-order valence-electron chi connectivity index (χ1n) is 8.39. The van der Waals surface area contributed by atoms with Gasteiger partial charge in [0.25, 0.3) is 5.91 Å². The fourth-order valence-corrected chi connectivity index (χ4v) is 2.57. The van der Waals surface area contributed by atoms with Crippen molar-refractivity contribution in [2.75, 3.05) is 37.7 Å². The van der Waals surface area contributed by atoms with Gasteiger partial charge in [-0.05, 0) is 37.8 Å². The van der Waals surface area contributed by atoms with Crippen molar-refractivity contribution in [1.29, 1.82) is 0 Å². The van der Waals surface area contributed by atoms with Crippen LogP contribution in [0.25, 0.3) is 0 Å². The van der Waals surface area contributed by atoms with Crippen molar-refractivity contribution in [2.24, 2.45) is 0 Å². The molecule has 22 heavy (non-hydrogen) atoms. The van der Waals surface area contributed by atoms with Gasteiger partial charge in [-0.1, -0.05) is 13.3 Å². The molecule has 1 aliphatic rings. The molecule has 0 aromatic carbocycles. The highest BCUT2D eigenvalue weighted by molar-refractivity contribution is 5.98. The maximum Gasteiger partial charge on any atom is 0.255 e. The van der Waals surface area contributed by atoms with Crippen molar-refractivity contribution >= 4 is 11.7 Å². The first-order valence-corrected chi connectivity index (χ1v) is 8.39. The lowest BCUT2D eigenvalue weighted by molar-refractivity contribution is 0.0940. The Kier molecular flexibility index (Phi) is 7.16. The second-order valence-corrected chi connectivity index (χ2v) is 5.64. The van der Waals surface area contributed by atoms with Gasteiger partial charge in [0.05, 0.1) is 5.56 Å². The Morgan fingerprint density at radius 2 is 2.09 bits per heavy atom. The summed E-state index contributed by atoms with van der Waals surface area (Å²) in [6, 6.07) is 3.68. The number of carbonyl (C=O) groups excluding carboxylic acids is 1. The third-order valence-corrected chi connectivity index (χ3v) is 3.83. The van der Waals surface area contributed by atoms with Crippen LogP contribution in [0.2, 0.25) is 0 Å². The smallest absolute Gasteiger partial charge is 0.255 e. The molecule has 5 heteroatoms. The summed E-state index contributed by atoms with van der Waals surface area (Å²) in [5.74, 6) is 0.778. The van der Waals surface area contributed by atoms with Gasteiger partial charge in [-0.2, -0.15) is 0 Å². The van der Waals surface area contributed by atoms with Crippen LogP contribution in [-0.4, -0.2) is 43.7 Å². The number of pyridine rings is 1. The van der Waals surface area contributed by atoms with Gasteiger partial charge in [0, 0.05) is 39.0 Å². The number of unbranched alkanes of at least 4 members (excludes halogenated alkanes) is 1. The maximum absolute atomic E-state index is 12.3. The lowest BCUT2D eigenvalue weighted by Gasteiger charge is -2.19. The topological polar surface area (TPSA) is 54.5 Å². The predicted octanol–water partition coefficient (Wildman–Crippen LogP) is 2.62. The van der Waals surface area contributed by atoms with E-state index >= 15 is 0 Å². The molecule has 0 aliphatic carbocycles. The Hall–Kier alpha value is -1.62. The SMILES string of the molecule is CCCCOCCCNC(=O)c1cccnc1N1CCCC1. The van der Waals surface area contributed by atoms with Crippen LogP contribution in [0.15, 0.2) is 18.3 Å². The summed E-state index contributed by atoms with van der Waals surface area (Å²) >= 11 is 0. The highest BCUT2D eigenvalue weighted by atomic mass is 16.5. The van der Waals surface area contributed by atoms with Crippen LogP contribution in [0.3, 0.4) is 0 Å². The third kappa shape index (κ3) is 4.98. The molecular weight excluding hydrogens is 278 g/mol. The Labute approximate surface area is 133 Å². The van der Waals surface area contributed by atoms with Crippen LogP contribution in [-0.2, 0) is 4.74 Å². The summed E-state index contributed by atoms with van der Waals surface area (Å²) in [6.45, 7) is 6.28. The largest absolute Gasteiger partial charge is 0.381 e. The van der Waals surface area contributed by atoms with Crippen LogP contribution < -0.4 is 10.2 Å². The molecule has 1 aromatic heterocycles. The van der Waals surface area contributed by atoms with Gasteiger partial charge < -0.3 is 15.0 Å². The van der Waals surface area contributed by atoms with Crippen LogP contribution in [0, 0.1) is 0 Å². The van der Waals surface area contributed by atoms with Crippen LogP contribution in [0.4, 0.5) is 5.82 Å². The molecule has 1 aliphatic heterocycles. The van der Waals surface area contributed by atoms with E-state index in [0.717, 1.165) is 44.8 Å². The van der Waals surface area contributed by atoms with E-state index in [1.165, 1.54) is 12.8 Å². The molecule has 1 N–H and O–H groups in total. The van der Waals surface area contributed by atoms with E-state index in [4.69, 9.17) is 4.74 Å². The normalized spacial score (nSPS) is 14.3. The zero-order valence-corrected chi connectivity index (χ0v) is 13.5. The zero-order valence-electron chi connectivity index (χ0n) is 13.5. The molecule has 1 amide bonds. The molecule has 0 bridgehead atoms. The zero-order chi connectivity index (χ0) is 15.6. The third-order valence-electron chi connectivity index (χ3n) is 3.83. The lowest BCUT2D eigenvalue weighted by atomic mass is 10.2. The summed E-state index contributed by atoms with van der Waals surface area (Å²) in [4.78, 5) is 18.9. The van der Waals surface area contributed by atoms with Crippen molar-refractivity contribution in [3.8, 4) is 0 Å². The molecule has 0 saturated carbocycles. The molecule has 0 radical (unpaired) electrons. The number of anilines is 1. The second kappa shape index (κ2) is 9.41. The molecule has 0 atom stereocenters. The van der Waals surface area contributed by atoms with Gasteiger partial charge in [0.2, 0.25) is 0 Å². The first-order chi connectivity index (χ1) is 10.8. The monoisotopic (exact) mass is 305 g/mol. The van der Waals surface area contributed by atoms with Crippen LogP contribution in [0.5, 0.6) is 0 Å².